The Labute approximate surface area is 79.4 Å². The number of aryl methyl sites for hydroxylation is 1. The van der Waals surface area contributed by atoms with Gasteiger partial charge in [0.1, 0.15) is 12.0 Å². The summed E-state index contributed by atoms with van der Waals surface area (Å²) in [5.74, 6) is 2.16. The van der Waals surface area contributed by atoms with Crippen molar-refractivity contribution in [3.8, 4) is 0 Å². The maximum absolute atomic E-state index is 5.28. The lowest BCUT2D eigenvalue weighted by atomic mass is 10.6. The van der Waals surface area contributed by atoms with Crippen LogP contribution in [-0.2, 0) is 5.75 Å². The van der Waals surface area contributed by atoms with E-state index in [1.807, 2.05) is 6.92 Å². The maximum atomic E-state index is 5.28. The van der Waals surface area contributed by atoms with Gasteiger partial charge in [-0.15, -0.1) is 0 Å². The van der Waals surface area contributed by atoms with E-state index in [2.05, 4.69) is 9.97 Å². The van der Waals surface area contributed by atoms with Gasteiger partial charge in [-0.25, -0.2) is 9.97 Å². The van der Waals surface area contributed by atoms with Crippen molar-refractivity contribution < 1.29 is 8.83 Å². The first-order chi connectivity index (χ1) is 6.34. The second kappa shape index (κ2) is 3.66. The zero-order valence-corrected chi connectivity index (χ0v) is 7.87. The zero-order chi connectivity index (χ0) is 9.10. The smallest absolute Gasteiger partial charge is 0.255 e. The molecule has 0 aromatic carbocycles. The first-order valence-corrected chi connectivity index (χ1v) is 4.77. The van der Waals surface area contributed by atoms with Crippen LogP contribution in [0.5, 0.6) is 0 Å². The summed E-state index contributed by atoms with van der Waals surface area (Å²) in [6.07, 6.45) is 4.86. The molecule has 0 radical (unpaired) electrons. The zero-order valence-electron chi connectivity index (χ0n) is 7.06. The van der Waals surface area contributed by atoms with Crippen LogP contribution in [0.1, 0.15) is 11.7 Å². The summed E-state index contributed by atoms with van der Waals surface area (Å²) in [4.78, 5) is 8.02. The Hall–Kier alpha value is -1.23. The molecule has 0 unspecified atom stereocenters. The Morgan fingerprint density at radius 2 is 2.38 bits per heavy atom. The molecule has 0 saturated carbocycles. The van der Waals surface area contributed by atoms with Crippen molar-refractivity contribution in [1.82, 2.24) is 9.97 Å². The number of hydrogen-bond acceptors (Lipinski definition) is 5. The Balaban J connectivity index is 1.93. The van der Waals surface area contributed by atoms with Gasteiger partial charge in [-0.05, 0) is 6.92 Å². The Morgan fingerprint density at radius 3 is 3.00 bits per heavy atom. The lowest BCUT2D eigenvalue weighted by Crippen LogP contribution is -1.78. The van der Waals surface area contributed by atoms with E-state index in [1.165, 1.54) is 11.8 Å². The molecule has 0 atom stereocenters. The monoisotopic (exact) mass is 196 g/mol. The molecule has 13 heavy (non-hydrogen) atoms. The SMILES string of the molecule is Cc1cnc(CSc2ncco2)o1. The summed E-state index contributed by atoms with van der Waals surface area (Å²) < 4.78 is 10.3. The third-order valence-corrected chi connectivity index (χ3v) is 2.24. The summed E-state index contributed by atoms with van der Waals surface area (Å²) in [7, 11) is 0. The van der Waals surface area contributed by atoms with Gasteiger partial charge in [-0.1, -0.05) is 11.8 Å². The van der Waals surface area contributed by atoms with Crippen molar-refractivity contribution in [2.45, 2.75) is 17.9 Å². The highest BCUT2D eigenvalue weighted by atomic mass is 32.2. The Morgan fingerprint density at radius 1 is 1.46 bits per heavy atom. The van der Waals surface area contributed by atoms with Gasteiger partial charge in [0, 0.05) is 0 Å². The largest absolute Gasteiger partial charge is 0.445 e. The minimum Gasteiger partial charge on any atom is -0.445 e. The van der Waals surface area contributed by atoms with E-state index in [0.29, 0.717) is 16.9 Å². The van der Waals surface area contributed by atoms with Crippen LogP contribution in [0.3, 0.4) is 0 Å². The van der Waals surface area contributed by atoms with Crippen LogP contribution in [-0.4, -0.2) is 9.97 Å². The van der Waals surface area contributed by atoms with Gasteiger partial charge in [0.05, 0.1) is 18.1 Å². The average molecular weight is 196 g/mol. The number of aromatic nitrogens is 2. The van der Waals surface area contributed by atoms with Gasteiger partial charge in [0.2, 0.25) is 5.89 Å². The van der Waals surface area contributed by atoms with Crippen molar-refractivity contribution in [2.24, 2.45) is 0 Å². The molecule has 5 heteroatoms. The van der Waals surface area contributed by atoms with Crippen molar-refractivity contribution in [2.75, 3.05) is 0 Å². The van der Waals surface area contributed by atoms with Crippen LogP contribution in [0.15, 0.2) is 32.7 Å². The van der Waals surface area contributed by atoms with Crippen LogP contribution in [0.2, 0.25) is 0 Å². The first kappa shape index (κ1) is 8.37. The van der Waals surface area contributed by atoms with Crippen LogP contribution >= 0.6 is 11.8 Å². The highest BCUT2D eigenvalue weighted by Crippen LogP contribution is 2.20. The predicted molar refractivity (Wildman–Crippen MR) is 47.3 cm³/mol. The van der Waals surface area contributed by atoms with E-state index >= 15 is 0 Å². The van der Waals surface area contributed by atoms with Crippen molar-refractivity contribution >= 4 is 11.8 Å². The number of thioether (sulfide) groups is 1. The molecular formula is C8H8N2O2S. The van der Waals surface area contributed by atoms with Gasteiger partial charge < -0.3 is 8.83 Å². The maximum Gasteiger partial charge on any atom is 0.255 e. The lowest BCUT2D eigenvalue weighted by molar-refractivity contribution is 0.451. The summed E-state index contributed by atoms with van der Waals surface area (Å²) >= 11 is 1.46. The Bertz CT molecular complexity index is 369. The number of oxazole rings is 2. The highest BCUT2D eigenvalue weighted by molar-refractivity contribution is 7.98. The van der Waals surface area contributed by atoms with Gasteiger partial charge in [0.15, 0.2) is 0 Å². The summed E-state index contributed by atoms with van der Waals surface area (Å²) in [5, 5.41) is 0.635. The van der Waals surface area contributed by atoms with Crippen LogP contribution in [0, 0.1) is 6.92 Å². The molecule has 0 saturated heterocycles. The lowest BCUT2D eigenvalue weighted by Gasteiger charge is -1.90. The van der Waals surface area contributed by atoms with Gasteiger partial charge >= 0.3 is 0 Å². The van der Waals surface area contributed by atoms with Crippen LogP contribution < -0.4 is 0 Å². The average Bonchev–Trinajstić information content (AvgIpc) is 2.71. The molecule has 0 bridgehead atoms. The second-order valence-corrected chi connectivity index (χ2v) is 3.38. The molecule has 4 nitrogen and oxygen atoms in total. The Kier molecular flexibility index (Phi) is 2.35. The van der Waals surface area contributed by atoms with Gasteiger partial charge in [0.25, 0.3) is 5.22 Å². The molecule has 0 aliphatic heterocycles. The van der Waals surface area contributed by atoms with E-state index in [4.69, 9.17) is 8.83 Å². The first-order valence-electron chi connectivity index (χ1n) is 3.78. The normalized spacial score (nSPS) is 10.5. The van der Waals surface area contributed by atoms with Crippen LogP contribution in [0.25, 0.3) is 0 Å². The molecular weight excluding hydrogens is 188 g/mol. The van der Waals surface area contributed by atoms with E-state index in [9.17, 15) is 0 Å². The molecule has 2 heterocycles. The molecule has 2 rings (SSSR count). The van der Waals surface area contributed by atoms with E-state index < -0.39 is 0 Å². The fourth-order valence-electron chi connectivity index (χ4n) is 0.873. The minimum absolute atomic E-state index is 0.635. The summed E-state index contributed by atoms with van der Waals surface area (Å²) in [6.45, 7) is 1.87. The number of hydrogen-bond donors (Lipinski definition) is 0. The molecule has 2 aromatic rings. The third kappa shape index (κ3) is 2.12. The molecule has 0 aliphatic carbocycles. The summed E-state index contributed by atoms with van der Waals surface area (Å²) in [6, 6.07) is 0. The van der Waals surface area contributed by atoms with Crippen LogP contribution in [0.4, 0.5) is 0 Å². The number of rotatable bonds is 3. The van der Waals surface area contributed by atoms with Gasteiger partial charge in [-0.3, -0.25) is 0 Å². The summed E-state index contributed by atoms with van der Waals surface area (Å²) in [5.41, 5.74) is 0. The molecule has 0 fully saturated rings. The quantitative estimate of drug-likeness (QED) is 0.705. The van der Waals surface area contributed by atoms with Crippen molar-refractivity contribution in [1.29, 1.82) is 0 Å². The molecule has 68 valence electrons. The van der Waals surface area contributed by atoms with E-state index in [1.54, 1.807) is 18.7 Å². The van der Waals surface area contributed by atoms with Crippen molar-refractivity contribution in [3.05, 3.63) is 30.3 Å². The molecule has 0 aliphatic rings. The number of nitrogens with zero attached hydrogens (tertiary/aromatic N) is 2. The predicted octanol–water partition coefficient (Wildman–Crippen LogP) is 2.26. The molecule has 2 aromatic heterocycles. The third-order valence-electron chi connectivity index (χ3n) is 1.40. The standard InChI is InChI=1S/C8H8N2O2S/c1-6-4-10-7(12-6)5-13-8-9-2-3-11-8/h2-4H,5H2,1H3. The topological polar surface area (TPSA) is 52.1 Å². The highest BCUT2D eigenvalue weighted by Gasteiger charge is 2.03. The van der Waals surface area contributed by atoms with Crippen molar-refractivity contribution in [3.63, 3.8) is 0 Å². The van der Waals surface area contributed by atoms with E-state index in [0.717, 1.165) is 5.76 Å². The van der Waals surface area contributed by atoms with Gasteiger partial charge in [-0.2, -0.15) is 0 Å². The molecule has 0 N–H and O–H groups in total. The fraction of sp³-hybridized carbons (Fsp3) is 0.250. The van der Waals surface area contributed by atoms with E-state index in [-0.39, 0.29) is 0 Å². The second-order valence-electron chi connectivity index (χ2n) is 2.45. The fourth-order valence-corrected chi connectivity index (χ4v) is 1.51. The molecule has 0 amide bonds. The molecule has 0 spiro atoms. The minimum atomic E-state index is 0.635.